The first kappa shape index (κ1) is 29.8. The van der Waals surface area contributed by atoms with Crippen LogP contribution in [0.4, 0.5) is 0 Å². The maximum absolute atomic E-state index is 14.0. The number of ketones is 2. The zero-order chi connectivity index (χ0) is 30.2. The second-order valence-corrected chi connectivity index (χ2v) is 13.4. The van der Waals surface area contributed by atoms with E-state index in [0.717, 1.165) is 23.4 Å². The van der Waals surface area contributed by atoms with E-state index in [9.17, 15) is 19.5 Å². The Labute approximate surface area is 248 Å². The normalized spacial score (nSPS) is 20.0. The average Bonchev–Trinajstić information content (AvgIpc) is 2.91. The standard InChI is InChI=1S/C35H41NO6/c1-34(2)17-25-31(27(37)19-34)30(32-26(36(25)14-9-15-41-5)18-35(3,4)20-28(32)38)23-12-13-29(24(16-23)33(39)40)42-21-22-10-7-6-8-11-22/h6-8,10-13,16,30H,9,14-15,17-21H2,1-5H3,(H,39,40). The summed E-state index contributed by atoms with van der Waals surface area (Å²) in [5.74, 6) is -1.43. The van der Waals surface area contributed by atoms with Gasteiger partial charge in [-0.2, -0.15) is 0 Å². The maximum atomic E-state index is 14.0. The molecule has 222 valence electrons. The lowest BCUT2D eigenvalue weighted by atomic mass is 9.63. The van der Waals surface area contributed by atoms with Crippen molar-refractivity contribution in [3.63, 3.8) is 0 Å². The molecular formula is C35H41NO6. The van der Waals surface area contributed by atoms with Gasteiger partial charge in [-0.3, -0.25) is 9.59 Å². The number of hydrogen-bond acceptors (Lipinski definition) is 6. The number of nitrogens with zero attached hydrogens (tertiary/aromatic N) is 1. The average molecular weight is 572 g/mol. The number of benzene rings is 2. The summed E-state index contributed by atoms with van der Waals surface area (Å²) >= 11 is 0. The summed E-state index contributed by atoms with van der Waals surface area (Å²) in [7, 11) is 1.68. The van der Waals surface area contributed by atoms with Crippen LogP contribution in [0.3, 0.4) is 0 Å². The van der Waals surface area contributed by atoms with Crippen LogP contribution >= 0.6 is 0 Å². The van der Waals surface area contributed by atoms with E-state index < -0.39 is 11.9 Å². The second kappa shape index (κ2) is 11.5. The molecule has 0 spiro atoms. The van der Waals surface area contributed by atoms with E-state index in [-0.39, 0.29) is 40.3 Å². The first-order valence-electron chi connectivity index (χ1n) is 14.7. The van der Waals surface area contributed by atoms with Gasteiger partial charge >= 0.3 is 5.97 Å². The molecule has 0 saturated heterocycles. The fourth-order valence-electron chi connectivity index (χ4n) is 6.77. The Kier molecular flexibility index (Phi) is 8.17. The smallest absolute Gasteiger partial charge is 0.339 e. The third-order valence-corrected chi connectivity index (χ3v) is 8.56. The minimum absolute atomic E-state index is 0.0161. The molecule has 0 saturated carbocycles. The van der Waals surface area contributed by atoms with Crippen LogP contribution in [0, 0.1) is 10.8 Å². The lowest BCUT2D eigenvalue weighted by molar-refractivity contribution is -0.119. The minimum Gasteiger partial charge on any atom is -0.488 e. The quantitative estimate of drug-likeness (QED) is 0.335. The number of rotatable bonds is 9. The fourth-order valence-corrected chi connectivity index (χ4v) is 6.77. The highest BCUT2D eigenvalue weighted by Crippen LogP contribution is 2.54. The Bertz CT molecular complexity index is 1410. The number of aromatic carboxylic acids is 1. The van der Waals surface area contributed by atoms with Gasteiger partial charge < -0.3 is 19.5 Å². The summed E-state index contributed by atoms with van der Waals surface area (Å²) in [5, 5.41) is 10.2. The Hall–Kier alpha value is -3.71. The number of Topliss-reactive ketones (excluding diaryl/α,β-unsaturated/α-hetero) is 2. The highest BCUT2D eigenvalue weighted by Gasteiger charge is 2.49. The van der Waals surface area contributed by atoms with Crippen LogP contribution in [0.2, 0.25) is 0 Å². The van der Waals surface area contributed by atoms with Gasteiger partial charge in [-0.1, -0.05) is 64.1 Å². The molecule has 2 aliphatic carbocycles. The van der Waals surface area contributed by atoms with Crippen LogP contribution < -0.4 is 4.74 Å². The Balaban J connectivity index is 1.65. The molecule has 0 atom stereocenters. The number of ether oxygens (including phenoxy) is 2. The first-order valence-corrected chi connectivity index (χ1v) is 14.7. The lowest BCUT2D eigenvalue weighted by Gasteiger charge is -2.49. The predicted molar refractivity (Wildman–Crippen MR) is 160 cm³/mol. The number of carboxylic acid groups (broad SMARTS) is 1. The number of carboxylic acids is 1. The van der Waals surface area contributed by atoms with Crippen molar-refractivity contribution in [2.24, 2.45) is 10.8 Å². The van der Waals surface area contributed by atoms with Gasteiger partial charge in [-0.25, -0.2) is 4.79 Å². The van der Waals surface area contributed by atoms with E-state index >= 15 is 0 Å². The van der Waals surface area contributed by atoms with Crippen molar-refractivity contribution in [2.75, 3.05) is 20.3 Å². The third-order valence-electron chi connectivity index (χ3n) is 8.56. The zero-order valence-electron chi connectivity index (χ0n) is 25.3. The van der Waals surface area contributed by atoms with Crippen molar-refractivity contribution in [2.45, 2.75) is 72.3 Å². The summed E-state index contributed by atoms with van der Waals surface area (Å²) in [6.45, 7) is 9.89. The molecule has 0 aromatic heterocycles. The molecule has 0 radical (unpaired) electrons. The highest BCUT2D eigenvalue weighted by atomic mass is 16.5. The van der Waals surface area contributed by atoms with Crippen LogP contribution in [-0.4, -0.2) is 47.8 Å². The Morgan fingerprint density at radius 1 is 0.905 bits per heavy atom. The number of methoxy groups -OCH3 is 1. The van der Waals surface area contributed by atoms with Gasteiger partial charge in [0.15, 0.2) is 11.6 Å². The van der Waals surface area contributed by atoms with Gasteiger partial charge in [0.1, 0.15) is 17.9 Å². The monoisotopic (exact) mass is 571 g/mol. The summed E-state index contributed by atoms with van der Waals surface area (Å²) in [6, 6.07) is 14.7. The van der Waals surface area contributed by atoms with Crippen LogP contribution in [-0.2, 0) is 20.9 Å². The summed E-state index contributed by atoms with van der Waals surface area (Å²) in [6.07, 6.45) is 2.91. The van der Waals surface area contributed by atoms with E-state index in [2.05, 4.69) is 32.6 Å². The molecule has 3 aliphatic rings. The van der Waals surface area contributed by atoms with Gasteiger partial charge in [-0.15, -0.1) is 0 Å². The van der Waals surface area contributed by atoms with E-state index in [1.165, 1.54) is 0 Å². The number of hydrogen-bond donors (Lipinski definition) is 1. The molecule has 0 bridgehead atoms. The number of carbonyl (C=O) groups is 3. The molecule has 0 amide bonds. The van der Waals surface area contributed by atoms with Crippen LogP contribution in [0.15, 0.2) is 71.1 Å². The summed E-state index contributed by atoms with van der Waals surface area (Å²) in [4.78, 5) is 42.6. The molecule has 1 N–H and O–H groups in total. The summed E-state index contributed by atoms with van der Waals surface area (Å²) in [5.41, 5.74) is 4.31. The third kappa shape index (κ3) is 5.93. The highest BCUT2D eigenvalue weighted by molar-refractivity contribution is 6.07. The molecule has 0 fully saturated rings. The molecule has 7 heteroatoms. The SMILES string of the molecule is COCCCN1C2=C(C(=O)CC(C)(C)C2)C(c2ccc(OCc3ccccc3)c(C(=O)O)c2)C2=C1CC(C)(C)CC2=O. The van der Waals surface area contributed by atoms with Crippen molar-refractivity contribution < 1.29 is 29.0 Å². The topological polar surface area (TPSA) is 93.1 Å². The molecule has 5 rings (SSSR count). The summed E-state index contributed by atoms with van der Waals surface area (Å²) < 4.78 is 11.3. The first-order chi connectivity index (χ1) is 19.9. The van der Waals surface area contributed by atoms with E-state index in [0.29, 0.717) is 55.5 Å². The van der Waals surface area contributed by atoms with Crippen molar-refractivity contribution in [3.05, 3.63) is 87.8 Å². The van der Waals surface area contributed by atoms with Gasteiger partial charge in [0.05, 0.1) is 0 Å². The lowest BCUT2D eigenvalue weighted by Crippen LogP contribution is -2.44. The molecule has 1 aliphatic heterocycles. The van der Waals surface area contributed by atoms with Gasteiger partial charge in [0, 0.05) is 61.6 Å². The van der Waals surface area contributed by atoms with Crippen molar-refractivity contribution in [1.29, 1.82) is 0 Å². The largest absolute Gasteiger partial charge is 0.488 e. The van der Waals surface area contributed by atoms with Crippen molar-refractivity contribution in [1.82, 2.24) is 4.90 Å². The molecule has 2 aromatic rings. The molecule has 7 nitrogen and oxygen atoms in total. The minimum atomic E-state index is -1.12. The molecule has 42 heavy (non-hydrogen) atoms. The van der Waals surface area contributed by atoms with E-state index in [1.807, 2.05) is 36.4 Å². The fraction of sp³-hybridized carbons (Fsp3) is 0.457. The van der Waals surface area contributed by atoms with Gasteiger partial charge in [0.2, 0.25) is 0 Å². The predicted octanol–water partition coefficient (Wildman–Crippen LogP) is 6.69. The van der Waals surface area contributed by atoms with Crippen molar-refractivity contribution >= 4 is 17.5 Å². The molecular weight excluding hydrogens is 530 g/mol. The Morgan fingerprint density at radius 3 is 2.05 bits per heavy atom. The van der Waals surface area contributed by atoms with Gasteiger partial charge in [0.25, 0.3) is 0 Å². The van der Waals surface area contributed by atoms with Crippen LogP contribution in [0.1, 0.15) is 87.2 Å². The van der Waals surface area contributed by atoms with Crippen LogP contribution in [0.5, 0.6) is 5.75 Å². The molecule has 1 heterocycles. The molecule has 2 aromatic carbocycles. The number of allylic oxidation sites excluding steroid dienone is 4. The number of carbonyl (C=O) groups excluding carboxylic acids is 2. The van der Waals surface area contributed by atoms with Crippen LogP contribution in [0.25, 0.3) is 0 Å². The van der Waals surface area contributed by atoms with E-state index in [1.54, 1.807) is 19.2 Å². The van der Waals surface area contributed by atoms with E-state index in [4.69, 9.17) is 9.47 Å². The molecule has 0 unspecified atom stereocenters. The Morgan fingerprint density at radius 2 is 1.50 bits per heavy atom. The van der Waals surface area contributed by atoms with Gasteiger partial charge in [-0.05, 0) is 53.4 Å². The maximum Gasteiger partial charge on any atom is 0.339 e. The second-order valence-electron chi connectivity index (χ2n) is 13.4. The van der Waals surface area contributed by atoms with Crippen molar-refractivity contribution in [3.8, 4) is 5.75 Å². The zero-order valence-corrected chi connectivity index (χ0v) is 25.3.